The maximum Gasteiger partial charge on any atom is 0.117 e. The molecule has 1 heterocycles. The summed E-state index contributed by atoms with van der Waals surface area (Å²) < 4.78 is 5.37. The molecule has 0 aliphatic carbocycles. The van der Waals surface area contributed by atoms with Gasteiger partial charge in [0.15, 0.2) is 0 Å². The van der Waals surface area contributed by atoms with Crippen LogP contribution in [0.4, 0.5) is 0 Å². The molecule has 0 saturated carbocycles. The molecule has 0 amide bonds. The second kappa shape index (κ2) is 6.92. The lowest BCUT2D eigenvalue weighted by molar-refractivity contribution is 0.288. The Balaban J connectivity index is 1.84. The second-order valence-corrected chi connectivity index (χ2v) is 6.67. The molecule has 2 aromatic rings. The van der Waals surface area contributed by atoms with Crippen molar-refractivity contribution in [2.24, 2.45) is 0 Å². The highest BCUT2D eigenvalue weighted by Crippen LogP contribution is 2.11. The molecule has 3 heteroatoms. The van der Waals surface area contributed by atoms with E-state index in [4.69, 9.17) is 4.42 Å². The average Bonchev–Trinajstić information content (AvgIpc) is 2.89. The molecule has 3 nitrogen and oxygen atoms in total. The molecule has 114 valence electrons. The van der Waals surface area contributed by atoms with Crippen LogP contribution < -0.4 is 5.32 Å². The van der Waals surface area contributed by atoms with Crippen LogP contribution in [0.5, 0.6) is 0 Å². The van der Waals surface area contributed by atoms with Gasteiger partial charge >= 0.3 is 0 Å². The number of rotatable bonds is 6. The molecule has 0 bridgehead atoms. The molecule has 0 unspecified atom stereocenters. The fourth-order valence-electron chi connectivity index (χ4n) is 2.17. The van der Waals surface area contributed by atoms with Crippen LogP contribution in [0.25, 0.3) is 0 Å². The first-order chi connectivity index (χ1) is 9.92. The van der Waals surface area contributed by atoms with Crippen molar-refractivity contribution < 1.29 is 4.42 Å². The van der Waals surface area contributed by atoms with E-state index in [-0.39, 0.29) is 5.54 Å². The van der Waals surface area contributed by atoms with E-state index in [0.717, 1.165) is 25.4 Å². The zero-order chi connectivity index (χ0) is 15.3. The third kappa shape index (κ3) is 5.74. The first kappa shape index (κ1) is 15.8. The van der Waals surface area contributed by atoms with E-state index >= 15 is 0 Å². The molecule has 1 aromatic heterocycles. The van der Waals surface area contributed by atoms with Crippen molar-refractivity contribution in [1.29, 1.82) is 0 Å². The number of nitrogens with zero attached hydrogens (tertiary/aromatic N) is 1. The molecule has 1 N–H and O–H groups in total. The van der Waals surface area contributed by atoms with Gasteiger partial charge in [0.05, 0.1) is 12.8 Å². The highest BCUT2D eigenvalue weighted by Gasteiger charge is 2.08. The van der Waals surface area contributed by atoms with Crippen molar-refractivity contribution in [2.45, 2.75) is 45.9 Å². The van der Waals surface area contributed by atoms with Gasteiger partial charge in [0, 0.05) is 18.6 Å². The van der Waals surface area contributed by atoms with E-state index in [9.17, 15) is 0 Å². The molecular weight excluding hydrogens is 260 g/mol. The van der Waals surface area contributed by atoms with Crippen molar-refractivity contribution in [1.82, 2.24) is 10.2 Å². The smallest absolute Gasteiger partial charge is 0.117 e. The number of benzene rings is 1. The van der Waals surface area contributed by atoms with Gasteiger partial charge in [-0.3, -0.25) is 4.90 Å². The lowest BCUT2D eigenvalue weighted by Gasteiger charge is -2.20. The fraction of sp³-hybridized carbons (Fsp3) is 0.444. The minimum Gasteiger partial charge on any atom is -0.468 e. The van der Waals surface area contributed by atoms with Gasteiger partial charge in [0.25, 0.3) is 0 Å². The Hall–Kier alpha value is -1.58. The number of hydrogen-bond donors (Lipinski definition) is 1. The highest BCUT2D eigenvalue weighted by molar-refractivity contribution is 5.22. The normalized spacial score (nSPS) is 12.0. The summed E-state index contributed by atoms with van der Waals surface area (Å²) in [4.78, 5) is 2.25. The van der Waals surface area contributed by atoms with Crippen molar-refractivity contribution in [3.05, 3.63) is 59.5 Å². The molecule has 0 aliphatic rings. The first-order valence-electron chi connectivity index (χ1n) is 7.46. The Bertz CT molecular complexity index is 523. The van der Waals surface area contributed by atoms with Gasteiger partial charge in [-0.25, -0.2) is 0 Å². The van der Waals surface area contributed by atoms with E-state index in [1.807, 2.05) is 12.1 Å². The number of hydrogen-bond acceptors (Lipinski definition) is 3. The molecule has 0 saturated heterocycles. The van der Waals surface area contributed by atoms with E-state index < -0.39 is 0 Å². The molecule has 0 fully saturated rings. The van der Waals surface area contributed by atoms with Gasteiger partial charge in [0.1, 0.15) is 5.76 Å². The van der Waals surface area contributed by atoms with Crippen LogP contribution in [0.2, 0.25) is 0 Å². The van der Waals surface area contributed by atoms with Crippen LogP contribution in [0.3, 0.4) is 0 Å². The van der Waals surface area contributed by atoms with Gasteiger partial charge in [-0.2, -0.15) is 0 Å². The summed E-state index contributed by atoms with van der Waals surface area (Å²) in [5.74, 6) is 1.00. The van der Waals surface area contributed by atoms with Gasteiger partial charge < -0.3 is 9.73 Å². The molecule has 0 atom stereocenters. The Labute approximate surface area is 128 Å². The van der Waals surface area contributed by atoms with Crippen LogP contribution in [0.1, 0.15) is 37.7 Å². The molecular formula is C18H26N2O. The van der Waals surface area contributed by atoms with Crippen molar-refractivity contribution in [3.8, 4) is 0 Å². The third-order valence-electron chi connectivity index (χ3n) is 3.30. The monoisotopic (exact) mass is 286 g/mol. The number of furan rings is 1. The van der Waals surface area contributed by atoms with Crippen LogP contribution in [-0.4, -0.2) is 17.5 Å². The Morgan fingerprint density at radius 1 is 1.00 bits per heavy atom. The van der Waals surface area contributed by atoms with Gasteiger partial charge in [-0.1, -0.05) is 24.3 Å². The summed E-state index contributed by atoms with van der Waals surface area (Å²) in [5, 5.41) is 3.51. The predicted octanol–water partition coefficient (Wildman–Crippen LogP) is 3.80. The molecule has 1 aromatic carbocycles. The Morgan fingerprint density at radius 2 is 1.67 bits per heavy atom. The van der Waals surface area contributed by atoms with E-state index in [0.29, 0.717) is 0 Å². The summed E-state index contributed by atoms with van der Waals surface area (Å²) in [7, 11) is 2.11. The van der Waals surface area contributed by atoms with Crippen molar-refractivity contribution in [2.75, 3.05) is 7.05 Å². The van der Waals surface area contributed by atoms with Crippen LogP contribution in [-0.2, 0) is 19.6 Å². The summed E-state index contributed by atoms with van der Waals surface area (Å²) in [6.45, 7) is 9.22. The van der Waals surface area contributed by atoms with Crippen molar-refractivity contribution >= 4 is 0 Å². The van der Waals surface area contributed by atoms with E-state index in [1.165, 1.54) is 11.1 Å². The number of nitrogens with one attached hydrogen (secondary N) is 1. The summed E-state index contributed by atoms with van der Waals surface area (Å²) in [6, 6.07) is 12.8. The molecule has 0 spiro atoms. The largest absolute Gasteiger partial charge is 0.468 e. The lowest BCUT2D eigenvalue weighted by atomic mass is 10.1. The SMILES string of the molecule is CN(Cc1ccc(CNC(C)(C)C)cc1)Cc1ccco1. The summed E-state index contributed by atoms with van der Waals surface area (Å²) in [5.41, 5.74) is 2.80. The lowest BCUT2D eigenvalue weighted by Crippen LogP contribution is -2.35. The third-order valence-corrected chi connectivity index (χ3v) is 3.30. The quantitative estimate of drug-likeness (QED) is 0.875. The summed E-state index contributed by atoms with van der Waals surface area (Å²) >= 11 is 0. The molecule has 21 heavy (non-hydrogen) atoms. The minimum absolute atomic E-state index is 0.155. The standard InChI is InChI=1S/C18H26N2O/c1-18(2,3)19-12-15-7-9-16(10-8-15)13-20(4)14-17-6-5-11-21-17/h5-11,19H,12-14H2,1-4H3. The Morgan fingerprint density at radius 3 is 2.24 bits per heavy atom. The highest BCUT2D eigenvalue weighted by atomic mass is 16.3. The molecule has 2 rings (SSSR count). The van der Waals surface area contributed by atoms with Crippen molar-refractivity contribution in [3.63, 3.8) is 0 Å². The maximum absolute atomic E-state index is 5.37. The second-order valence-electron chi connectivity index (χ2n) is 6.67. The topological polar surface area (TPSA) is 28.4 Å². The van der Waals surface area contributed by atoms with E-state index in [2.05, 4.69) is 62.3 Å². The summed E-state index contributed by atoms with van der Waals surface area (Å²) in [6.07, 6.45) is 1.72. The predicted molar refractivity (Wildman–Crippen MR) is 86.9 cm³/mol. The van der Waals surface area contributed by atoms with Crippen LogP contribution >= 0.6 is 0 Å². The molecule has 0 radical (unpaired) electrons. The first-order valence-corrected chi connectivity index (χ1v) is 7.46. The Kier molecular flexibility index (Phi) is 5.21. The zero-order valence-electron chi connectivity index (χ0n) is 13.5. The van der Waals surface area contributed by atoms with Gasteiger partial charge in [0.2, 0.25) is 0 Å². The zero-order valence-corrected chi connectivity index (χ0v) is 13.5. The van der Waals surface area contributed by atoms with Gasteiger partial charge in [-0.15, -0.1) is 0 Å². The van der Waals surface area contributed by atoms with Crippen LogP contribution in [0, 0.1) is 0 Å². The van der Waals surface area contributed by atoms with Crippen LogP contribution in [0.15, 0.2) is 47.1 Å². The van der Waals surface area contributed by atoms with Gasteiger partial charge in [-0.05, 0) is 51.1 Å². The molecule has 0 aliphatic heterocycles. The maximum atomic E-state index is 5.37. The van der Waals surface area contributed by atoms with E-state index in [1.54, 1.807) is 6.26 Å². The average molecular weight is 286 g/mol. The minimum atomic E-state index is 0.155. The fourth-order valence-corrected chi connectivity index (χ4v) is 2.17.